The third-order valence-electron chi connectivity index (χ3n) is 6.79. The number of benzene rings is 3. The van der Waals surface area contributed by atoms with Gasteiger partial charge in [0.05, 0.1) is 20.4 Å². The fourth-order valence-electron chi connectivity index (χ4n) is 5.06. The average Bonchev–Trinajstić information content (AvgIpc) is 3.55. The van der Waals surface area contributed by atoms with Crippen molar-refractivity contribution < 1.29 is 18.6 Å². The van der Waals surface area contributed by atoms with Crippen LogP contribution in [-0.2, 0) is 7.05 Å². The fourth-order valence-corrected chi connectivity index (χ4v) is 5.06. The number of furan rings is 1. The highest BCUT2D eigenvalue weighted by Crippen LogP contribution is 2.44. The molecule has 3 aromatic carbocycles. The summed E-state index contributed by atoms with van der Waals surface area (Å²) in [6.07, 6.45) is 5.07. The molecule has 2 heterocycles. The average molecular weight is 451 g/mol. The number of pyridine rings is 1. The van der Waals surface area contributed by atoms with Crippen LogP contribution in [0.2, 0.25) is 0 Å². The zero-order valence-electron chi connectivity index (χ0n) is 26.1. The van der Waals surface area contributed by atoms with Gasteiger partial charge in [0.25, 0.3) is 0 Å². The van der Waals surface area contributed by atoms with Crippen molar-refractivity contribution >= 4 is 27.6 Å². The zero-order chi connectivity index (χ0) is 29.4. The van der Waals surface area contributed by atoms with Crippen molar-refractivity contribution in [2.45, 2.75) is 38.5 Å². The molecule has 0 N–H and O–H groups in total. The second-order valence-electron chi connectivity index (χ2n) is 8.82. The Balaban J connectivity index is 1.71. The Hall–Kier alpha value is -3.90. The van der Waals surface area contributed by atoms with Gasteiger partial charge in [0.1, 0.15) is 18.2 Å². The molecule has 1 aliphatic rings. The van der Waals surface area contributed by atoms with E-state index in [1.807, 2.05) is 36.7 Å². The standard InChI is InChI=1S/C31H27N2O/c1-20-13-14-24-25-15-16-26(32-2)29(22-11-5-4-6-12-22)31(25)34-30(24)28(20)27-19-23(17-18-33(27)3)21-9-7-8-10-21/h4-6,11-19,21H,7-10H2,1,3H3/q+1/i4D,5D,6D,11D,12D,17D,21D. The third kappa shape index (κ3) is 3.22. The van der Waals surface area contributed by atoms with Gasteiger partial charge >= 0.3 is 0 Å². The van der Waals surface area contributed by atoms with Crippen molar-refractivity contribution in [3.8, 4) is 22.4 Å². The summed E-state index contributed by atoms with van der Waals surface area (Å²) in [6.45, 7) is 9.77. The van der Waals surface area contributed by atoms with Crippen molar-refractivity contribution in [1.82, 2.24) is 0 Å². The Morgan fingerprint density at radius 2 is 1.71 bits per heavy atom. The van der Waals surface area contributed by atoms with E-state index < -0.39 is 36.1 Å². The van der Waals surface area contributed by atoms with Gasteiger partial charge in [-0.3, -0.25) is 0 Å². The molecule has 0 amide bonds. The number of rotatable bonds is 3. The molecule has 0 unspecified atom stereocenters. The molecule has 166 valence electrons. The van der Waals surface area contributed by atoms with E-state index >= 15 is 0 Å². The lowest BCUT2D eigenvalue weighted by Gasteiger charge is -2.11. The smallest absolute Gasteiger partial charge is 0.216 e. The summed E-state index contributed by atoms with van der Waals surface area (Å²) in [6, 6.07) is 7.25. The van der Waals surface area contributed by atoms with Crippen LogP contribution in [0, 0.1) is 13.5 Å². The van der Waals surface area contributed by atoms with E-state index in [1.165, 1.54) is 0 Å². The highest BCUT2D eigenvalue weighted by molar-refractivity contribution is 6.15. The Bertz CT molecular complexity index is 1940. The molecule has 3 nitrogen and oxygen atoms in total. The van der Waals surface area contributed by atoms with Crippen LogP contribution >= 0.6 is 0 Å². The molecule has 0 saturated heterocycles. The summed E-state index contributed by atoms with van der Waals surface area (Å²) in [7, 11) is 1.86. The van der Waals surface area contributed by atoms with Gasteiger partial charge in [-0.1, -0.05) is 67.3 Å². The minimum atomic E-state index is -0.811. The van der Waals surface area contributed by atoms with Crippen LogP contribution in [0.15, 0.2) is 77.2 Å². The predicted octanol–water partition coefficient (Wildman–Crippen LogP) is 8.26. The molecule has 1 fully saturated rings. The Morgan fingerprint density at radius 1 is 1.00 bits per heavy atom. The first kappa shape index (κ1) is 14.4. The molecule has 0 aliphatic heterocycles. The Kier molecular flexibility index (Phi) is 3.45. The van der Waals surface area contributed by atoms with Gasteiger partial charge in [-0.2, -0.15) is 0 Å². The summed E-state index contributed by atoms with van der Waals surface area (Å²) in [5.74, 6) is -0.811. The first-order valence-corrected chi connectivity index (χ1v) is 11.4. The van der Waals surface area contributed by atoms with Gasteiger partial charge in [-0.15, -0.1) is 0 Å². The van der Waals surface area contributed by atoms with Gasteiger partial charge in [0.2, 0.25) is 5.69 Å². The minimum Gasteiger partial charge on any atom is -0.456 e. The topological polar surface area (TPSA) is 21.4 Å². The molecule has 5 aromatic rings. The van der Waals surface area contributed by atoms with Crippen molar-refractivity contribution in [3.05, 3.63) is 95.3 Å². The van der Waals surface area contributed by atoms with Gasteiger partial charge in [-0.05, 0) is 42.3 Å². The Morgan fingerprint density at radius 3 is 2.44 bits per heavy atom. The number of nitrogens with zero attached hydrogens (tertiary/aromatic N) is 2. The molecular weight excluding hydrogens is 416 g/mol. The molecule has 1 aliphatic carbocycles. The molecule has 0 atom stereocenters. The van der Waals surface area contributed by atoms with Crippen LogP contribution in [0.3, 0.4) is 0 Å². The molecule has 0 spiro atoms. The maximum atomic E-state index is 9.09. The van der Waals surface area contributed by atoms with E-state index in [2.05, 4.69) is 4.85 Å². The van der Waals surface area contributed by atoms with Gasteiger partial charge in [-0.25, -0.2) is 9.41 Å². The summed E-state index contributed by atoms with van der Waals surface area (Å²) in [4.78, 5) is 3.62. The fraction of sp³-hybridized carbons (Fsp3) is 0.226. The van der Waals surface area contributed by atoms with Crippen molar-refractivity contribution in [2.75, 3.05) is 0 Å². The summed E-state index contributed by atoms with van der Waals surface area (Å²) >= 11 is 0. The van der Waals surface area contributed by atoms with Crippen LogP contribution in [-0.4, -0.2) is 0 Å². The molecule has 0 bridgehead atoms. The van der Waals surface area contributed by atoms with Crippen LogP contribution in [0.1, 0.15) is 52.3 Å². The summed E-state index contributed by atoms with van der Waals surface area (Å²) in [5, 5.41) is 1.41. The molecule has 6 rings (SSSR count). The van der Waals surface area contributed by atoms with Crippen LogP contribution in [0.4, 0.5) is 5.69 Å². The number of hydrogen-bond donors (Lipinski definition) is 0. The number of aryl methyl sites for hydroxylation is 2. The number of hydrogen-bond acceptors (Lipinski definition) is 1. The highest BCUT2D eigenvalue weighted by Gasteiger charge is 2.25. The summed E-state index contributed by atoms with van der Waals surface area (Å²) < 4.78 is 67.7. The third-order valence-corrected chi connectivity index (χ3v) is 6.79. The van der Waals surface area contributed by atoms with Crippen LogP contribution < -0.4 is 4.57 Å². The van der Waals surface area contributed by atoms with Crippen molar-refractivity contribution in [2.24, 2.45) is 7.05 Å². The van der Waals surface area contributed by atoms with E-state index in [1.54, 1.807) is 18.3 Å². The van der Waals surface area contributed by atoms with Gasteiger partial charge in [0.15, 0.2) is 11.9 Å². The Labute approximate surface area is 209 Å². The van der Waals surface area contributed by atoms with E-state index in [9.17, 15) is 0 Å². The molecule has 0 radical (unpaired) electrons. The van der Waals surface area contributed by atoms with Crippen molar-refractivity contribution in [1.29, 1.82) is 0 Å². The first-order valence-electron chi connectivity index (χ1n) is 14.9. The molecule has 34 heavy (non-hydrogen) atoms. The van der Waals surface area contributed by atoms with E-state index in [-0.39, 0.29) is 22.4 Å². The number of fused-ring (bicyclic) bond motifs is 3. The normalized spacial score (nSPS) is 18.0. The lowest BCUT2D eigenvalue weighted by Crippen LogP contribution is -2.31. The van der Waals surface area contributed by atoms with Crippen LogP contribution in [0.5, 0.6) is 0 Å². The summed E-state index contributed by atoms with van der Waals surface area (Å²) in [5.41, 5.74) is 4.17. The van der Waals surface area contributed by atoms with Gasteiger partial charge in [0, 0.05) is 29.8 Å². The number of aromatic nitrogens is 1. The second-order valence-corrected chi connectivity index (χ2v) is 8.82. The molecule has 1 saturated carbocycles. The van der Waals surface area contributed by atoms with Crippen LogP contribution in [0.25, 0.3) is 49.2 Å². The lowest BCUT2D eigenvalue weighted by atomic mass is 9.94. The lowest BCUT2D eigenvalue weighted by molar-refractivity contribution is -0.660. The van der Waals surface area contributed by atoms with Crippen molar-refractivity contribution in [3.63, 3.8) is 0 Å². The first-order chi connectivity index (χ1) is 19.5. The minimum absolute atomic E-state index is 0.0753. The second kappa shape index (κ2) is 8.15. The maximum absolute atomic E-state index is 9.09. The molecule has 2 aromatic heterocycles. The van der Waals surface area contributed by atoms with E-state index in [4.69, 9.17) is 20.6 Å². The SMILES string of the molecule is [2H]c1c[n+](C)c(-c2c(C)ccc3c2oc2c(-c4c([2H])c([2H])c([2H])c([2H])c4[2H])c([N+]#[C-])ccc23)cc1C1([2H])CCCC1. The molecular formula is C31H27N2O+. The van der Waals surface area contributed by atoms with E-state index in [0.717, 1.165) is 35.0 Å². The maximum Gasteiger partial charge on any atom is 0.216 e. The van der Waals surface area contributed by atoms with E-state index in [0.29, 0.717) is 35.4 Å². The predicted molar refractivity (Wildman–Crippen MR) is 138 cm³/mol. The largest absolute Gasteiger partial charge is 0.456 e. The van der Waals surface area contributed by atoms with Gasteiger partial charge < -0.3 is 4.42 Å². The monoisotopic (exact) mass is 450 g/mol. The zero-order valence-corrected chi connectivity index (χ0v) is 19.1. The molecule has 3 heteroatoms. The highest BCUT2D eigenvalue weighted by atomic mass is 16.3. The quantitative estimate of drug-likeness (QED) is 0.200.